The number of hydrogen-bond donors (Lipinski definition) is 1. The summed E-state index contributed by atoms with van der Waals surface area (Å²) in [6.45, 7) is 9.42. The fraction of sp³-hybridized carbons (Fsp3) is 0.625. The summed E-state index contributed by atoms with van der Waals surface area (Å²) in [7, 11) is 0. The molecule has 1 aliphatic rings. The molecule has 1 heterocycles. The predicted molar refractivity (Wildman–Crippen MR) is 78.0 cm³/mol. The van der Waals surface area contributed by atoms with Gasteiger partial charge in [0.05, 0.1) is 0 Å². The molecule has 0 aromatic heterocycles. The van der Waals surface area contributed by atoms with Crippen LogP contribution in [0.25, 0.3) is 0 Å². The van der Waals surface area contributed by atoms with Gasteiger partial charge in [-0.25, -0.2) is 0 Å². The first kappa shape index (κ1) is 13.6. The summed E-state index contributed by atoms with van der Waals surface area (Å²) < 4.78 is 0. The van der Waals surface area contributed by atoms with Gasteiger partial charge in [0.15, 0.2) is 0 Å². The largest absolute Gasteiger partial charge is 0.311 e. The quantitative estimate of drug-likeness (QED) is 0.859. The number of nitrogens with one attached hydrogen (secondary N) is 1. The van der Waals surface area contributed by atoms with Crippen LogP contribution in [0, 0.1) is 0 Å². The molecule has 2 rings (SSSR count). The van der Waals surface area contributed by atoms with Crippen LogP contribution in [-0.4, -0.2) is 37.1 Å². The highest BCUT2D eigenvalue weighted by molar-refractivity contribution is 5.18. The summed E-state index contributed by atoms with van der Waals surface area (Å²) >= 11 is 0. The molecule has 0 bridgehead atoms. The number of piperazine rings is 1. The van der Waals surface area contributed by atoms with Crippen LogP contribution < -0.4 is 5.32 Å². The van der Waals surface area contributed by atoms with Crippen molar-refractivity contribution in [2.24, 2.45) is 0 Å². The Morgan fingerprint density at radius 2 is 2.11 bits per heavy atom. The average molecular weight is 246 g/mol. The Kier molecular flexibility index (Phi) is 5.21. The summed E-state index contributed by atoms with van der Waals surface area (Å²) in [4.78, 5) is 2.62. The van der Waals surface area contributed by atoms with Crippen LogP contribution in [0.3, 0.4) is 0 Å². The van der Waals surface area contributed by atoms with Gasteiger partial charge in [0.1, 0.15) is 0 Å². The van der Waals surface area contributed by atoms with Crippen LogP contribution in [0.2, 0.25) is 0 Å². The molecule has 2 atom stereocenters. The van der Waals surface area contributed by atoms with E-state index in [2.05, 4.69) is 54.4 Å². The average Bonchev–Trinajstić information content (AvgIpc) is 2.46. The van der Waals surface area contributed by atoms with Crippen molar-refractivity contribution in [3.05, 3.63) is 35.9 Å². The van der Waals surface area contributed by atoms with Gasteiger partial charge in [-0.1, -0.05) is 44.2 Å². The van der Waals surface area contributed by atoms with Crippen molar-refractivity contribution >= 4 is 0 Å². The van der Waals surface area contributed by atoms with Gasteiger partial charge in [-0.15, -0.1) is 0 Å². The summed E-state index contributed by atoms with van der Waals surface area (Å²) in [5.41, 5.74) is 1.47. The number of rotatable bonds is 5. The molecule has 2 heteroatoms. The molecule has 0 aliphatic carbocycles. The van der Waals surface area contributed by atoms with Crippen molar-refractivity contribution in [3.63, 3.8) is 0 Å². The lowest BCUT2D eigenvalue weighted by atomic mass is 9.97. The molecule has 1 aromatic rings. The van der Waals surface area contributed by atoms with Gasteiger partial charge >= 0.3 is 0 Å². The maximum atomic E-state index is 3.58. The molecule has 1 aromatic carbocycles. The topological polar surface area (TPSA) is 15.3 Å². The molecule has 1 saturated heterocycles. The van der Waals surface area contributed by atoms with Crippen molar-refractivity contribution in [3.8, 4) is 0 Å². The van der Waals surface area contributed by atoms with Crippen molar-refractivity contribution in [1.29, 1.82) is 0 Å². The van der Waals surface area contributed by atoms with E-state index < -0.39 is 0 Å². The van der Waals surface area contributed by atoms with E-state index in [9.17, 15) is 0 Å². The second kappa shape index (κ2) is 6.91. The zero-order valence-corrected chi connectivity index (χ0v) is 11.7. The van der Waals surface area contributed by atoms with E-state index >= 15 is 0 Å². The molecule has 0 saturated carbocycles. The smallest absolute Gasteiger partial charge is 0.0192 e. The van der Waals surface area contributed by atoms with Crippen LogP contribution in [0.1, 0.15) is 38.2 Å². The lowest BCUT2D eigenvalue weighted by Crippen LogP contribution is -2.50. The maximum absolute atomic E-state index is 3.58. The van der Waals surface area contributed by atoms with Gasteiger partial charge in [-0.05, 0) is 30.9 Å². The molecular formula is C16H26N2. The van der Waals surface area contributed by atoms with Crippen LogP contribution in [0.4, 0.5) is 0 Å². The third-order valence-corrected chi connectivity index (χ3v) is 4.08. The summed E-state index contributed by atoms with van der Waals surface area (Å²) in [6.07, 6.45) is 2.51. The first-order valence-corrected chi connectivity index (χ1v) is 7.30. The minimum absolute atomic E-state index is 0.668. The maximum Gasteiger partial charge on any atom is 0.0192 e. The Balaban J connectivity index is 1.77. The van der Waals surface area contributed by atoms with Gasteiger partial charge < -0.3 is 10.2 Å². The van der Waals surface area contributed by atoms with Gasteiger partial charge in [0.25, 0.3) is 0 Å². The zero-order chi connectivity index (χ0) is 12.8. The lowest BCUT2D eigenvalue weighted by Gasteiger charge is -2.33. The molecule has 1 fully saturated rings. The fourth-order valence-electron chi connectivity index (χ4n) is 2.70. The Morgan fingerprint density at radius 3 is 2.83 bits per heavy atom. The van der Waals surface area contributed by atoms with Crippen LogP contribution in [0.5, 0.6) is 0 Å². The van der Waals surface area contributed by atoms with E-state index in [0.717, 1.165) is 6.54 Å². The van der Waals surface area contributed by atoms with E-state index in [-0.39, 0.29) is 0 Å². The van der Waals surface area contributed by atoms with Crippen molar-refractivity contribution in [2.45, 2.75) is 38.6 Å². The third kappa shape index (κ3) is 3.82. The van der Waals surface area contributed by atoms with E-state index in [1.807, 2.05) is 0 Å². The molecule has 0 radical (unpaired) electrons. The summed E-state index contributed by atoms with van der Waals surface area (Å²) in [5, 5.41) is 3.58. The molecule has 0 spiro atoms. The predicted octanol–water partition coefficient (Wildman–Crippen LogP) is 2.86. The van der Waals surface area contributed by atoms with Gasteiger partial charge in [-0.2, -0.15) is 0 Å². The number of benzene rings is 1. The third-order valence-electron chi connectivity index (χ3n) is 4.08. The molecule has 2 nitrogen and oxygen atoms in total. The Morgan fingerprint density at radius 1 is 1.33 bits per heavy atom. The van der Waals surface area contributed by atoms with Gasteiger partial charge in [0.2, 0.25) is 0 Å². The van der Waals surface area contributed by atoms with Crippen LogP contribution in [-0.2, 0) is 0 Å². The van der Waals surface area contributed by atoms with E-state index in [0.29, 0.717) is 12.0 Å². The molecule has 1 aliphatic heterocycles. The Labute approximate surface area is 111 Å². The van der Waals surface area contributed by atoms with E-state index in [4.69, 9.17) is 0 Å². The lowest BCUT2D eigenvalue weighted by molar-refractivity contribution is 0.192. The van der Waals surface area contributed by atoms with Crippen molar-refractivity contribution < 1.29 is 0 Å². The highest BCUT2D eigenvalue weighted by Gasteiger charge is 2.18. The molecule has 18 heavy (non-hydrogen) atoms. The SMILES string of the molecule is CCC1CN(CCC(C)c2ccccc2)CCN1. The minimum atomic E-state index is 0.668. The number of hydrogen-bond acceptors (Lipinski definition) is 2. The van der Waals surface area contributed by atoms with Crippen LogP contribution >= 0.6 is 0 Å². The highest BCUT2D eigenvalue weighted by Crippen LogP contribution is 2.19. The molecule has 2 unspecified atom stereocenters. The monoisotopic (exact) mass is 246 g/mol. The first-order valence-electron chi connectivity index (χ1n) is 7.30. The highest BCUT2D eigenvalue weighted by atomic mass is 15.2. The standard InChI is InChI=1S/C16H26N2/c1-3-16-13-18(12-10-17-16)11-9-14(2)15-7-5-4-6-8-15/h4-8,14,16-17H,3,9-13H2,1-2H3. The first-order chi connectivity index (χ1) is 8.79. The Bertz CT molecular complexity index is 336. The molecular weight excluding hydrogens is 220 g/mol. The van der Waals surface area contributed by atoms with E-state index in [1.165, 1.54) is 38.0 Å². The second-order valence-electron chi connectivity index (χ2n) is 5.46. The van der Waals surface area contributed by atoms with Crippen molar-refractivity contribution in [1.82, 2.24) is 10.2 Å². The summed E-state index contributed by atoms with van der Waals surface area (Å²) in [5.74, 6) is 0.668. The second-order valence-corrected chi connectivity index (χ2v) is 5.46. The van der Waals surface area contributed by atoms with Gasteiger partial charge in [0, 0.05) is 25.7 Å². The zero-order valence-electron chi connectivity index (χ0n) is 11.7. The number of nitrogens with zero attached hydrogens (tertiary/aromatic N) is 1. The minimum Gasteiger partial charge on any atom is -0.311 e. The van der Waals surface area contributed by atoms with Gasteiger partial charge in [-0.3, -0.25) is 0 Å². The Hall–Kier alpha value is -0.860. The molecule has 1 N–H and O–H groups in total. The summed E-state index contributed by atoms with van der Waals surface area (Å²) in [6, 6.07) is 11.6. The van der Waals surface area contributed by atoms with Crippen molar-refractivity contribution in [2.75, 3.05) is 26.2 Å². The fourth-order valence-corrected chi connectivity index (χ4v) is 2.70. The molecule has 0 amide bonds. The van der Waals surface area contributed by atoms with Crippen LogP contribution in [0.15, 0.2) is 30.3 Å². The molecule has 100 valence electrons. The normalized spacial score (nSPS) is 22.9. The van der Waals surface area contributed by atoms with E-state index in [1.54, 1.807) is 0 Å².